The maximum absolute atomic E-state index is 5.52. The summed E-state index contributed by atoms with van der Waals surface area (Å²) in [6.07, 6.45) is 4.04. The first-order valence-electron chi connectivity index (χ1n) is 4.88. The van der Waals surface area contributed by atoms with Gasteiger partial charge in [0.15, 0.2) is 0 Å². The number of hydrogen-bond acceptors (Lipinski definition) is 2. The quantitative estimate of drug-likeness (QED) is 0.569. The minimum absolute atomic E-state index is 0.286. The molecular weight excluding hydrogens is 136 g/mol. The first-order chi connectivity index (χ1) is 5.39. The van der Waals surface area contributed by atoms with E-state index < -0.39 is 0 Å². The van der Waals surface area contributed by atoms with Crippen LogP contribution in [-0.4, -0.2) is 12.7 Å². The standard InChI is InChI=1S/C5H12N2.2C2H6/c6-5-3-1-2-4-7-5;2*1-2/h5,7H,1-4,6H2;2*1-2H3. The molecule has 11 heavy (non-hydrogen) atoms. The van der Waals surface area contributed by atoms with Crippen molar-refractivity contribution < 1.29 is 0 Å². The molecule has 1 rings (SSSR count). The molecule has 1 fully saturated rings. The van der Waals surface area contributed by atoms with Crippen LogP contribution in [0.3, 0.4) is 0 Å². The van der Waals surface area contributed by atoms with Crippen LogP contribution in [0.1, 0.15) is 47.0 Å². The highest BCUT2D eigenvalue weighted by Crippen LogP contribution is 2.00. The average Bonchev–Trinajstić information content (AvgIpc) is 2.13. The normalized spacial score (nSPS) is 22.1. The van der Waals surface area contributed by atoms with E-state index in [4.69, 9.17) is 5.73 Å². The van der Waals surface area contributed by atoms with Crippen LogP contribution in [0.25, 0.3) is 0 Å². The van der Waals surface area contributed by atoms with Crippen molar-refractivity contribution in [2.45, 2.75) is 53.1 Å². The van der Waals surface area contributed by atoms with Gasteiger partial charge in [-0.1, -0.05) is 27.7 Å². The van der Waals surface area contributed by atoms with Crippen LogP contribution in [0, 0.1) is 0 Å². The summed E-state index contributed by atoms with van der Waals surface area (Å²) in [7, 11) is 0. The maximum Gasteiger partial charge on any atom is 0.0546 e. The number of hydrogen-bond donors (Lipinski definition) is 2. The zero-order valence-electron chi connectivity index (χ0n) is 8.48. The topological polar surface area (TPSA) is 38.0 Å². The molecule has 2 heteroatoms. The van der Waals surface area contributed by atoms with Gasteiger partial charge in [0.05, 0.1) is 6.17 Å². The molecule has 1 unspecified atom stereocenters. The van der Waals surface area contributed by atoms with Gasteiger partial charge in [-0.2, -0.15) is 0 Å². The summed E-state index contributed by atoms with van der Waals surface area (Å²) < 4.78 is 0. The van der Waals surface area contributed by atoms with Gasteiger partial charge in [0.2, 0.25) is 0 Å². The fourth-order valence-corrected chi connectivity index (χ4v) is 0.879. The van der Waals surface area contributed by atoms with E-state index in [0.717, 1.165) is 13.0 Å². The summed E-state index contributed by atoms with van der Waals surface area (Å²) in [5.74, 6) is 0. The Bertz CT molecular complexity index is 49.5. The fraction of sp³-hybridized carbons (Fsp3) is 1.00. The van der Waals surface area contributed by atoms with Crippen molar-refractivity contribution >= 4 is 0 Å². The molecule has 1 heterocycles. The highest BCUT2D eigenvalue weighted by atomic mass is 15.0. The van der Waals surface area contributed by atoms with Crippen LogP contribution < -0.4 is 11.1 Å². The Labute approximate surface area is 71.6 Å². The average molecular weight is 160 g/mol. The van der Waals surface area contributed by atoms with Crippen LogP contribution in [0.2, 0.25) is 0 Å². The lowest BCUT2D eigenvalue weighted by atomic mass is 10.1. The second-order valence-corrected chi connectivity index (χ2v) is 2.06. The van der Waals surface area contributed by atoms with Gasteiger partial charge in [-0.25, -0.2) is 0 Å². The first kappa shape index (κ1) is 13.5. The van der Waals surface area contributed by atoms with Crippen molar-refractivity contribution in [3.05, 3.63) is 0 Å². The fourth-order valence-electron chi connectivity index (χ4n) is 0.879. The molecule has 0 bridgehead atoms. The smallest absolute Gasteiger partial charge is 0.0546 e. The molecule has 0 amide bonds. The van der Waals surface area contributed by atoms with Crippen molar-refractivity contribution in [3.8, 4) is 0 Å². The SMILES string of the molecule is CC.CC.NC1CCCCN1. The van der Waals surface area contributed by atoms with Crippen LogP contribution in [0.5, 0.6) is 0 Å². The van der Waals surface area contributed by atoms with Crippen LogP contribution in [0.4, 0.5) is 0 Å². The number of nitrogens with two attached hydrogens (primary N) is 1. The van der Waals surface area contributed by atoms with Gasteiger partial charge in [-0.05, 0) is 25.8 Å². The largest absolute Gasteiger partial charge is 0.316 e. The monoisotopic (exact) mass is 160 g/mol. The third-order valence-corrected chi connectivity index (χ3v) is 1.35. The molecule has 0 aliphatic carbocycles. The second-order valence-electron chi connectivity index (χ2n) is 2.06. The van der Waals surface area contributed by atoms with E-state index in [1.54, 1.807) is 0 Å². The van der Waals surface area contributed by atoms with E-state index in [1.807, 2.05) is 27.7 Å². The molecule has 0 aromatic heterocycles. The second kappa shape index (κ2) is 12.6. The number of nitrogens with one attached hydrogen (secondary N) is 1. The third-order valence-electron chi connectivity index (χ3n) is 1.35. The van der Waals surface area contributed by atoms with Gasteiger partial charge in [0.1, 0.15) is 0 Å². The lowest BCUT2D eigenvalue weighted by Crippen LogP contribution is -2.40. The molecule has 0 aromatic carbocycles. The van der Waals surface area contributed by atoms with E-state index in [1.165, 1.54) is 12.8 Å². The highest BCUT2D eigenvalue weighted by Gasteiger charge is 2.04. The Morgan fingerprint density at radius 2 is 1.64 bits per heavy atom. The Hall–Kier alpha value is -0.0800. The summed E-state index contributed by atoms with van der Waals surface area (Å²) in [6.45, 7) is 9.11. The molecule has 70 valence electrons. The Morgan fingerprint density at radius 1 is 1.09 bits per heavy atom. The van der Waals surface area contributed by atoms with E-state index in [0.29, 0.717) is 0 Å². The van der Waals surface area contributed by atoms with Gasteiger partial charge in [0, 0.05) is 0 Å². The maximum atomic E-state index is 5.52. The summed E-state index contributed by atoms with van der Waals surface area (Å²) in [4.78, 5) is 0. The summed E-state index contributed by atoms with van der Waals surface area (Å²) >= 11 is 0. The zero-order chi connectivity index (χ0) is 9.11. The van der Waals surface area contributed by atoms with E-state index in [-0.39, 0.29) is 6.17 Å². The predicted octanol–water partition coefficient (Wildman–Crippen LogP) is 2.10. The van der Waals surface area contributed by atoms with Gasteiger partial charge >= 0.3 is 0 Å². The van der Waals surface area contributed by atoms with Gasteiger partial charge < -0.3 is 11.1 Å². The Balaban J connectivity index is 0. The number of rotatable bonds is 0. The van der Waals surface area contributed by atoms with Crippen LogP contribution in [0.15, 0.2) is 0 Å². The lowest BCUT2D eigenvalue weighted by Gasteiger charge is -2.18. The minimum Gasteiger partial charge on any atom is -0.316 e. The van der Waals surface area contributed by atoms with E-state index in [2.05, 4.69) is 5.32 Å². The summed E-state index contributed by atoms with van der Waals surface area (Å²) in [5.41, 5.74) is 5.52. The van der Waals surface area contributed by atoms with E-state index in [9.17, 15) is 0 Å². The minimum atomic E-state index is 0.286. The van der Waals surface area contributed by atoms with Crippen molar-refractivity contribution in [1.29, 1.82) is 0 Å². The molecule has 1 saturated heterocycles. The van der Waals surface area contributed by atoms with Crippen molar-refractivity contribution in [2.75, 3.05) is 6.54 Å². The summed E-state index contributed by atoms with van der Waals surface area (Å²) in [5, 5.41) is 3.16. The molecule has 1 aliphatic rings. The highest BCUT2D eigenvalue weighted by molar-refractivity contribution is 4.64. The molecule has 0 spiro atoms. The summed E-state index contributed by atoms with van der Waals surface area (Å²) in [6, 6.07) is 0. The van der Waals surface area contributed by atoms with Crippen LogP contribution >= 0.6 is 0 Å². The molecule has 1 aliphatic heterocycles. The Kier molecular flexibility index (Phi) is 15.4. The lowest BCUT2D eigenvalue weighted by molar-refractivity contribution is 0.411. The van der Waals surface area contributed by atoms with E-state index >= 15 is 0 Å². The van der Waals surface area contributed by atoms with Crippen molar-refractivity contribution in [2.24, 2.45) is 5.73 Å². The molecular formula is C9H24N2. The molecule has 0 saturated carbocycles. The van der Waals surface area contributed by atoms with Crippen molar-refractivity contribution in [3.63, 3.8) is 0 Å². The first-order valence-corrected chi connectivity index (χ1v) is 4.88. The Morgan fingerprint density at radius 3 is 1.82 bits per heavy atom. The zero-order valence-corrected chi connectivity index (χ0v) is 8.48. The molecule has 1 atom stereocenters. The van der Waals surface area contributed by atoms with Gasteiger partial charge in [-0.15, -0.1) is 0 Å². The predicted molar refractivity (Wildman–Crippen MR) is 52.5 cm³/mol. The van der Waals surface area contributed by atoms with Crippen molar-refractivity contribution in [1.82, 2.24) is 5.32 Å². The van der Waals surface area contributed by atoms with Crippen LogP contribution in [-0.2, 0) is 0 Å². The molecule has 0 aromatic rings. The molecule has 3 N–H and O–H groups in total. The van der Waals surface area contributed by atoms with Gasteiger partial charge in [0.25, 0.3) is 0 Å². The molecule has 2 nitrogen and oxygen atoms in total. The number of piperidine rings is 1. The van der Waals surface area contributed by atoms with Gasteiger partial charge in [-0.3, -0.25) is 0 Å². The third kappa shape index (κ3) is 9.92. The molecule has 0 radical (unpaired) electrons.